The number of carbonyl (C=O) groups excluding carboxylic acids is 2. The third-order valence-electron chi connectivity index (χ3n) is 3.39. The average molecular weight is 275 g/mol. The smallest absolute Gasteiger partial charge is 0.227 e. The van der Waals surface area contributed by atoms with Crippen LogP contribution in [-0.2, 0) is 16.1 Å². The molecule has 1 aliphatic rings. The molecule has 0 bridgehead atoms. The summed E-state index contributed by atoms with van der Waals surface area (Å²) in [7, 11) is 0. The lowest BCUT2D eigenvalue weighted by atomic mass is 10.2. The van der Waals surface area contributed by atoms with Gasteiger partial charge in [-0.15, -0.1) is 0 Å². The van der Waals surface area contributed by atoms with Gasteiger partial charge in [0, 0.05) is 31.6 Å². The first-order valence-corrected chi connectivity index (χ1v) is 7.07. The minimum atomic E-state index is 0.0121. The topological polar surface area (TPSA) is 75.4 Å². The molecule has 0 unspecified atom stereocenters. The summed E-state index contributed by atoms with van der Waals surface area (Å²) in [5, 5.41) is 2.86. The number of nitrogens with zero attached hydrogens (tertiary/aromatic N) is 1. The van der Waals surface area contributed by atoms with E-state index in [9.17, 15) is 9.59 Å². The third-order valence-corrected chi connectivity index (χ3v) is 3.39. The summed E-state index contributed by atoms with van der Waals surface area (Å²) >= 11 is 0. The zero-order valence-corrected chi connectivity index (χ0v) is 11.6. The van der Waals surface area contributed by atoms with Crippen LogP contribution in [0.1, 0.15) is 31.2 Å². The van der Waals surface area contributed by atoms with Crippen molar-refractivity contribution in [2.24, 2.45) is 5.73 Å². The summed E-state index contributed by atoms with van der Waals surface area (Å²) in [6, 6.07) is 7.77. The molecule has 20 heavy (non-hydrogen) atoms. The van der Waals surface area contributed by atoms with Crippen molar-refractivity contribution in [3.05, 3.63) is 29.8 Å². The van der Waals surface area contributed by atoms with Crippen molar-refractivity contribution in [2.75, 3.05) is 18.0 Å². The molecule has 5 nitrogen and oxygen atoms in total. The molecule has 1 fully saturated rings. The van der Waals surface area contributed by atoms with E-state index >= 15 is 0 Å². The Morgan fingerprint density at radius 2 is 2.25 bits per heavy atom. The Hall–Kier alpha value is -1.88. The Labute approximate surface area is 119 Å². The van der Waals surface area contributed by atoms with Gasteiger partial charge in [-0.1, -0.05) is 12.1 Å². The monoisotopic (exact) mass is 275 g/mol. The molecule has 0 radical (unpaired) electrons. The van der Waals surface area contributed by atoms with E-state index in [1.807, 2.05) is 24.3 Å². The summed E-state index contributed by atoms with van der Waals surface area (Å²) in [6.07, 6.45) is 2.70. The number of rotatable bonds is 6. The number of hydrogen-bond acceptors (Lipinski definition) is 3. The van der Waals surface area contributed by atoms with Gasteiger partial charge in [0.25, 0.3) is 0 Å². The molecule has 1 aromatic rings. The number of nitrogens with two attached hydrogens (primary N) is 1. The maximum Gasteiger partial charge on any atom is 0.227 e. The number of amides is 2. The molecule has 1 aliphatic heterocycles. The number of nitrogens with one attached hydrogen (secondary N) is 1. The van der Waals surface area contributed by atoms with Crippen LogP contribution in [0.25, 0.3) is 0 Å². The molecule has 0 spiro atoms. The van der Waals surface area contributed by atoms with E-state index in [1.165, 1.54) is 0 Å². The largest absolute Gasteiger partial charge is 0.352 e. The Bertz CT molecular complexity index is 488. The van der Waals surface area contributed by atoms with Crippen molar-refractivity contribution in [1.82, 2.24) is 5.32 Å². The molecule has 1 aromatic carbocycles. The van der Waals surface area contributed by atoms with Crippen molar-refractivity contribution in [2.45, 2.75) is 32.2 Å². The van der Waals surface area contributed by atoms with Gasteiger partial charge in [-0.25, -0.2) is 0 Å². The number of benzene rings is 1. The summed E-state index contributed by atoms with van der Waals surface area (Å²) in [6.45, 7) is 1.80. The Balaban J connectivity index is 1.92. The Morgan fingerprint density at radius 1 is 1.40 bits per heavy atom. The lowest BCUT2D eigenvalue weighted by molar-refractivity contribution is -0.121. The quantitative estimate of drug-likeness (QED) is 0.818. The first kappa shape index (κ1) is 14.5. The Morgan fingerprint density at radius 3 is 2.95 bits per heavy atom. The summed E-state index contributed by atoms with van der Waals surface area (Å²) in [4.78, 5) is 25.1. The zero-order chi connectivity index (χ0) is 14.4. The fourth-order valence-corrected chi connectivity index (χ4v) is 2.31. The third kappa shape index (κ3) is 3.81. The maximum atomic E-state index is 11.7. The predicted octanol–water partition coefficient (Wildman–Crippen LogP) is 1.17. The highest BCUT2D eigenvalue weighted by Crippen LogP contribution is 2.22. The Kier molecular flexibility index (Phi) is 5.12. The normalized spacial score (nSPS) is 14.7. The van der Waals surface area contributed by atoms with Gasteiger partial charge in [0.2, 0.25) is 11.8 Å². The van der Waals surface area contributed by atoms with Crippen LogP contribution in [0.4, 0.5) is 5.69 Å². The highest BCUT2D eigenvalue weighted by atomic mass is 16.2. The first-order chi connectivity index (χ1) is 9.70. The molecule has 0 aliphatic carbocycles. The number of carbonyl (C=O) groups is 2. The molecule has 2 rings (SSSR count). The van der Waals surface area contributed by atoms with E-state index in [0.29, 0.717) is 32.4 Å². The zero-order valence-electron chi connectivity index (χ0n) is 11.6. The van der Waals surface area contributed by atoms with Gasteiger partial charge >= 0.3 is 0 Å². The van der Waals surface area contributed by atoms with Crippen molar-refractivity contribution in [3.63, 3.8) is 0 Å². The van der Waals surface area contributed by atoms with Crippen molar-refractivity contribution in [1.29, 1.82) is 0 Å². The van der Waals surface area contributed by atoms with E-state index in [1.54, 1.807) is 4.90 Å². The second-order valence-corrected chi connectivity index (χ2v) is 4.99. The van der Waals surface area contributed by atoms with Crippen LogP contribution >= 0.6 is 0 Å². The van der Waals surface area contributed by atoms with Crippen LogP contribution in [0.3, 0.4) is 0 Å². The van der Waals surface area contributed by atoms with Crippen molar-refractivity contribution >= 4 is 17.5 Å². The second kappa shape index (κ2) is 7.05. The molecule has 2 amide bonds. The van der Waals surface area contributed by atoms with Crippen LogP contribution in [0.2, 0.25) is 0 Å². The van der Waals surface area contributed by atoms with Gasteiger partial charge in [0.05, 0.1) is 0 Å². The highest BCUT2D eigenvalue weighted by Gasteiger charge is 2.21. The van der Waals surface area contributed by atoms with Gasteiger partial charge in [-0.3, -0.25) is 9.59 Å². The van der Waals surface area contributed by atoms with Crippen LogP contribution in [0, 0.1) is 0 Å². The fraction of sp³-hybridized carbons (Fsp3) is 0.467. The van der Waals surface area contributed by atoms with Crippen molar-refractivity contribution in [3.8, 4) is 0 Å². The molecule has 3 N–H and O–H groups in total. The SMILES string of the molecule is NCCCC(=O)NCc1cccc(N2CCCC2=O)c1. The minimum absolute atomic E-state index is 0.0121. The molecular weight excluding hydrogens is 254 g/mol. The van der Waals surface area contributed by atoms with E-state index < -0.39 is 0 Å². The fourth-order valence-electron chi connectivity index (χ4n) is 2.31. The van der Waals surface area contributed by atoms with Crippen LogP contribution in [-0.4, -0.2) is 24.9 Å². The van der Waals surface area contributed by atoms with Gasteiger partial charge in [0.15, 0.2) is 0 Å². The van der Waals surface area contributed by atoms with Gasteiger partial charge in [0.1, 0.15) is 0 Å². The second-order valence-electron chi connectivity index (χ2n) is 4.99. The number of anilines is 1. The molecule has 0 atom stereocenters. The van der Waals surface area contributed by atoms with E-state index in [2.05, 4.69) is 5.32 Å². The van der Waals surface area contributed by atoms with E-state index in [4.69, 9.17) is 5.73 Å². The van der Waals surface area contributed by atoms with E-state index in [-0.39, 0.29) is 11.8 Å². The molecule has 1 saturated heterocycles. The van der Waals surface area contributed by atoms with Gasteiger partial charge in [-0.2, -0.15) is 0 Å². The molecule has 5 heteroatoms. The molecule has 1 heterocycles. The highest BCUT2D eigenvalue weighted by molar-refractivity contribution is 5.95. The first-order valence-electron chi connectivity index (χ1n) is 7.07. The number of hydrogen-bond donors (Lipinski definition) is 2. The summed E-state index contributed by atoms with van der Waals surface area (Å²) in [5.74, 6) is 0.187. The standard InChI is InChI=1S/C15H21N3O2/c16-8-2-6-14(19)17-11-12-4-1-5-13(10-12)18-9-3-7-15(18)20/h1,4-5,10H,2-3,6-9,11,16H2,(H,17,19). The van der Waals surface area contributed by atoms with Crippen LogP contribution in [0.5, 0.6) is 0 Å². The molecule has 0 saturated carbocycles. The average Bonchev–Trinajstić information content (AvgIpc) is 2.89. The molecular formula is C15H21N3O2. The van der Waals surface area contributed by atoms with E-state index in [0.717, 1.165) is 24.2 Å². The summed E-state index contributed by atoms with van der Waals surface area (Å²) < 4.78 is 0. The maximum absolute atomic E-state index is 11.7. The summed E-state index contributed by atoms with van der Waals surface area (Å²) in [5.41, 5.74) is 7.29. The van der Waals surface area contributed by atoms with Gasteiger partial charge in [-0.05, 0) is 37.1 Å². The lowest BCUT2D eigenvalue weighted by Crippen LogP contribution is -2.25. The van der Waals surface area contributed by atoms with Crippen LogP contribution < -0.4 is 16.0 Å². The predicted molar refractivity (Wildman–Crippen MR) is 78.2 cm³/mol. The minimum Gasteiger partial charge on any atom is -0.352 e. The molecule has 0 aromatic heterocycles. The molecule has 108 valence electrons. The van der Waals surface area contributed by atoms with Crippen LogP contribution in [0.15, 0.2) is 24.3 Å². The van der Waals surface area contributed by atoms with Gasteiger partial charge < -0.3 is 16.0 Å². The lowest BCUT2D eigenvalue weighted by Gasteiger charge is -2.16. The van der Waals surface area contributed by atoms with Crippen molar-refractivity contribution < 1.29 is 9.59 Å².